The molecule has 7 heteroatoms. The van der Waals surface area contributed by atoms with Crippen molar-refractivity contribution < 1.29 is 4.74 Å². The van der Waals surface area contributed by atoms with E-state index in [-0.39, 0.29) is 0 Å². The summed E-state index contributed by atoms with van der Waals surface area (Å²) in [6, 6.07) is 20.3. The Balaban J connectivity index is 1.77. The number of hydrogen-bond donors (Lipinski definition) is 1. The number of benzene rings is 2. The highest BCUT2D eigenvalue weighted by Crippen LogP contribution is 2.40. The van der Waals surface area contributed by atoms with E-state index in [2.05, 4.69) is 43.5 Å². The van der Waals surface area contributed by atoms with Gasteiger partial charge in [0.05, 0.1) is 12.2 Å². The van der Waals surface area contributed by atoms with E-state index < -0.39 is 0 Å². The smallest absolute Gasteiger partial charge is 0.238 e. The largest absolute Gasteiger partial charge is 0.474 e. The second-order valence-electron chi connectivity index (χ2n) is 6.34. The molecule has 146 valence electrons. The van der Waals surface area contributed by atoms with Crippen molar-refractivity contribution in [2.75, 3.05) is 19.0 Å². The molecule has 0 aliphatic heterocycles. The Morgan fingerprint density at radius 2 is 1.83 bits per heavy atom. The van der Waals surface area contributed by atoms with E-state index in [0.717, 1.165) is 32.5 Å². The van der Waals surface area contributed by atoms with E-state index in [0.29, 0.717) is 19.0 Å². The number of nitrogens with one attached hydrogen (secondary N) is 1. The maximum absolute atomic E-state index is 6.09. The fourth-order valence-corrected chi connectivity index (χ4v) is 3.60. The summed E-state index contributed by atoms with van der Waals surface area (Å²) in [7, 11) is 1.88. The Morgan fingerprint density at radius 3 is 2.55 bits per heavy atom. The Bertz CT molecular complexity index is 1080. The molecular formula is C22H20BrN5O. The van der Waals surface area contributed by atoms with Gasteiger partial charge in [-0.25, -0.2) is 14.6 Å². The van der Waals surface area contributed by atoms with Crippen LogP contribution in [0.5, 0.6) is 5.88 Å². The van der Waals surface area contributed by atoms with Crippen molar-refractivity contribution in [3.63, 3.8) is 0 Å². The highest BCUT2D eigenvalue weighted by Gasteiger charge is 2.17. The molecule has 2 aromatic heterocycles. The first-order chi connectivity index (χ1) is 14.3. The molecule has 4 aromatic rings. The van der Waals surface area contributed by atoms with E-state index in [1.54, 1.807) is 11.0 Å². The third-order valence-electron chi connectivity index (χ3n) is 4.50. The lowest BCUT2D eigenvalue weighted by molar-refractivity contribution is 0.282. The highest BCUT2D eigenvalue weighted by atomic mass is 79.9. The van der Waals surface area contributed by atoms with Crippen molar-refractivity contribution in [1.29, 1.82) is 0 Å². The minimum absolute atomic E-state index is 0.429. The topological polar surface area (TPSA) is 64.9 Å². The van der Waals surface area contributed by atoms with Crippen molar-refractivity contribution in [3.8, 4) is 28.3 Å². The molecule has 0 spiro atoms. The van der Waals surface area contributed by atoms with Gasteiger partial charge in [0.25, 0.3) is 0 Å². The molecule has 0 aliphatic carbocycles. The molecule has 29 heavy (non-hydrogen) atoms. The van der Waals surface area contributed by atoms with Crippen LogP contribution >= 0.6 is 15.9 Å². The normalized spacial score (nSPS) is 10.7. The third kappa shape index (κ3) is 4.30. The lowest BCUT2D eigenvalue weighted by Gasteiger charge is -2.17. The summed E-state index contributed by atoms with van der Waals surface area (Å²) in [5.41, 5.74) is 4.81. The fourth-order valence-electron chi connectivity index (χ4n) is 3.10. The maximum atomic E-state index is 6.09. The molecule has 1 N–H and O–H groups in total. The molecule has 0 fully saturated rings. The van der Waals surface area contributed by atoms with Gasteiger partial charge in [0.2, 0.25) is 5.88 Å². The molecule has 2 aromatic carbocycles. The molecule has 0 saturated carbocycles. The van der Waals surface area contributed by atoms with Gasteiger partial charge in [-0.05, 0) is 17.7 Å². The summed E-state index contributed by atoms with van der Waals surface area (Å²) in [5, 5.41) is 7.38. The second-order valence-corrected chi connectivity index (χ2v) is 7.19. The van der Waals surface area contributed by atoms with Crippen LogP contribution in [0.4, 0.5) is 5.69 Å². The van der Waals surface area contributed by atoms with Crippen LogP contribution in [0.3, 0.4) is 0 Å². The summed E-state index contributed by atoms with van der Waals surface area (Å²) in [5.74, 6) is 0.555. The quantitative estimate of drug-likeness (QED) is 0.435. The van der Waals surface area contributed by atoms with Gasteiger partial charge in [0, 0.05) is 22.6 Å². The predicted molar refractivity (Wildman–Crippen MR) is 118 cm³/mol. The minimum Gasteiger partial charge on any atom is -0.474 e. The molecule has 4 rings (SSSR count). The first-order valence-corrected chi connectivity index (χ1v) is 10.0. The van der Waals surface area contributed by atoms with E-state index in [9.17, 15) is 0 Å². The molecule has 0 aliphatic rings. The first kappa shape index (κ1) is 19.1. The van der Waals surface area contributed by atoms with E-state index in [1.165, 1.54) is 6.33 Å². The standard InChI is InChI=1S/C22H20BrN5O/c1-24-21-18(17-9-5-6-10-19(17)23)13-20(16-7-3-2-4-8-16)27-22(21)29-12-11-28-15-25-14-26-28/h2-10,13-15,24H,11-12H2,1H3. The lowest BCUT2D eigenvalue weighted by Crippen LogP contribution is -2.11. The van der Waals surface area contributed by atoms with Gasteiger partial charge < -0.3 is 10.1 Å². The summed E-state index contributed by atoms with van der Waals surface area (Å²) in [4.78, 5) is 8.77. The number of rotatable bonds is 7. The summed E-state index contributed by atoms with van der Waals surface area (Å²) < 4.78 is 8.83. The second kappa shape index (κ2) is 8.87. The van der Waals surface area contributed by atoms with Crippen molar-refractivity contribution in [2.24, 2.45) is 0 Å². The van der Waals surface area contributed by atoms with Crippen LogP contribution in [-0.2, 0) is 6.54 Å². The van der Waals surface area contributed by atoms with Gasteiger partial charge in [-0.1, -0.05) is 64.5 Å². The molecule has 0 radical (unpaired) electrons. The summed E-state index contributed by atoms with van der Waals surface area (Å²) in [6.07, 6.45) is 3.18. The van der Waals surface area contributed by atoms with Crippen molar-refractivity contribution in [1.82, 2.24) is 19.7 Å². The molecular weight excluding hydrogens is 430 g/mol. The van der Waals surface area contributed by atoms with E-state index in [4.69, 9.17) is 9.72 Å². The van der Waals surface area contributed by atoms with Gasteiger partial charge in [0.1, 0.15) is 24.9 Å². The van der Waals surface area contributed by atoms with Crippen molar-refractivity contribution >= 4 is 21.6 Å². The number of pyridine rings is 1. The molecule has 2 heterocycles. The summed E-state index contributed by atoms with van der Waals surface area (Å²) >= 11 is 3.67. The molecule has 0 bridgehead atoms. The number of aromatic nitrogens is 4. The van der Waals surface area contributed by atoms with Gasteiger partial charge in [-0.15, -0.1) is 0 Å². The Hall–Kier alpha value is -3.19. The van der Waals surface area contributed by atoms with E-state index in [1.807, 2.05) is 55.6 Å². The van der Waals surface area contributed by atoms with Crippen molar-refractivity contribution in [2.45, 2.75) is 6.54 Å². The average Bonchev–Trinajstić information content (AvgIpc) is 3.28. The minimum atomic E-state index is 0.429. The van der Waals surface area contributed by atoms with Crippen LogP contribution in [0.1, 0.15) is 0 Å². The van der Waals surface area contributed by atoms with Crippen LogP contribution in [0, 0.1) is 0 Å². The zero-order valence-corrected chi connectivity index (χ0v) is 17.5. The van der Waals surface area contributed by atoms with Gasteiger partial charge in [-0.3, -0.25) is 0 Å². The number of halogens is 1. The van der Waals surface area contributed by atoms with Crippen LogP contribution in [-0.4, -0.2) is 33.4 Å². The highest BCUT2D eigenvalue weighted by molar-refractivity contribution is 9.10. The van der Waals surface area contributed by atoms with Crippen LogP contribution < -0.4 is 10.1 Å². The maximum Gasteiger partial charge on any atom is 0.238 e. The van der Waals surface area contributed by atoms with Gasteiger partial charge in [-0.2, -0.15) is 5.10 Å². The van der Waals surface area contributed by atoms with Crippen molar-refractivity contribution in [3.05, 3.63) is 77.8 Å². The Morgan fingerprint density at radius 1 is 1.03 bits per heavy atom. The lowest BCUT2D eigenvalue weighted by atomic mass is 10.0. The van der Waals surface area contributed by atoms with Crippen LogP contribution in [0.15, 0.2) is 77.8 Å². The summed E-state index contributed by atoms with van der Waals surface area (Å²) in [6.45, 7) is 1.02. The Kier molecular flexibility index (Phi) is 5.86. The Labute approximate surface area is 177 Å². The predicted octanol–water partition coefficient (Wildman–Crippen LogP) is 4.89. The zero-order valence-electron chi connectivity index (χ0n) is 15.9. The molecule has 0 atom stereocenters. The molecule has 6 nitrogen and oxygen atoms in total. The molecule has 0 saturated heterocycles. The van der Waals surface area contributed by atoms with Gasteiger partial charge in [0.15, 0.2) is 0 Å². The first-order valence-electron chi connectivity index (χ1n) is 9.24. The number of hydrogen-bond acceptors (Lipinski definition) is 5. The zero-order chi connectivity index (χ0) is 20.1. The van der Waals surface area contributed by atoms with Gasteiger partial charge >= 0.3 is 0 Å². The third-order valence-corrected chi connectivity index (χ3v) is 5.19. The molecule has 0 unspecified atom stereocenters. The number of ether oxygens (including phenoxy) is 1. The monoisotopic (exact) mass is 449 g/mol. The average molecular weight is 450 g/mol. The number of anilines is 1. The number of nitrogens with zero attached hydrogens (tertiary/aromatic N) is 4. The SMILES string of the molecule is CNc1c(-c2ccccc2Br)cc(-c2ccccc2)nc1OCCn1cncn1. The van der Waals surface area contributed by atoms with Crippen LogP contribution in [0.25, 0.3) is 22.4 Å². The van der Waals surface area contributed by atoms with E-state index >= 15 is 0 Å². The molecule has 0 amide bonds. The fraction of sp³-hybridized carbons (Fsp3) is 0.136. The van der Waals surface area contributed by atoms with Crippen LogP contribution in [0.2, 0.25) is 0 Å².